The second-order valence-corrected chi connectivity index (χ2v) is 3.79. The average Bonchev–Trinajstić information content (AvgIpc) is 2.88. The van der Waals surface area contributed by atoms with Crippen molar-refractivity contribution >= 4 is 5.91 Å². The maximum absolute atomic E-state index is 11.4. The van der Waals surface area contributed by atoms with Crippen molar-refractivity contribution in [3.63, 3.8) is 0 Å². The van der Waals surface area contributed by atoms with E-state index in [0.29, 0.717) is 12.5 Å². The Morgan fingerprint density at radius 2 is 2.23 bits per heavy atom. The molecular weight excluding hydrogens is 164 g/mol. The van der Waals surface area contributed by atoms with Crippen LogP contribution in [0.3, 0.4) is 0 Å². The van der Waals surface area contributed by atoms with Crippen LogP contribution in [0.1, 0.15) is 32.6 Å². The van der Waals surface area contributed by atoms with E-state index in [0.717, 1.165) is 19.5 Å². The van der Waals surface area contributed by atoms with Crippen LogP contribution >= 0.6 is 0 Å². The summed E-state index contributed by atoms with van der Waals surface area (Å²) in [6, 6.07) is 0.712. The van der Waals surface area contributed by atoms with E-state index in [1.165, 1.54) is 12.8 Å². The van der Waals surface area contributed by atoms with E-state index < -0.39 is 0 Å². The summed E-state index contributed by atoms with van der Waals surface area (Å²) < 4.78 is 0. The quantitative estimate of drug-likeness (QED) is 0.668. The van der Waals surface area contributed by atoms with Gasteiger partial charge in [0.25, 0.3) is 0 Å². The van der Waals surface area contributed by atoms with E-state index >= 15 is 0 Å². The van der Waals surface area contributed by atoms with Crippen LogP contribution in [-0.2, 0) is 4.79 Å². The van der Waals surface area contributed by atoms with Gasteiger partial charge in [-0.1, -0.05) is 6.92 Å². The number of amides is 1. The number of carbonyl (C=O) groups is 1. The molecule has 3 heteroatoms. The molecule has 13 heavy (non-hydrogen) atoms. The Hall–Kier alpha value is -0.570. The van der Waals surface area contributed by atoms with E-state index in [2.05, 4.69) is 12.2 Å². The minimum atomic E-state index is 0.259. The van der Waals surface area contributed by atoms with Crippen molar-refractivity contribution in [2.45, 2.75) is 38.6 Å². The average molecular weight is 184 g/mol. The molecule has 0 aliphatic heterocycles. The van der Waals surface area contributed by atoms with E-state index in [4.69, 9.17) is 0 Å². The minimum Gasteiger partial charge on any atom is -0.346 e. The molecule has 1 rings (SSSR count). The number of nitrogens with one attached hydrogen (secondary N) is 1. The Morgan fingerprint density at radius 1 is 1.54 bits per heavy atom. The third-order valence-electron chi connectivity index (χ3n) is 2.33. The van der Waals surface area contributed by atoms with Gasteiger partial charge in [0.1, 0.15) is 0 Å². The molecule has 0 spiro atoms. The first kappa shape index (κ1) is 10.5. The van der Waals surface area contributed by atoms with Crippen LogP contribution in [0.2, 0.25) is 0 Å². The highest BCUT2D eigenvalue weighted by Crippen LogP contribution is 2.18. The summed E-state index contributed by atoms with van der Waals surface area (Å²) in [6.07, 6.45) is 4.27. The summed E-state index contributed by atoms with van der Waals surface area (Å²) in [5, 5.41) is 3.34. The molecule has 1 aliphatic rings. The third-order valence-corrected chi connectivity index (χ3v) is 2.33. The van der Waals surface area contributed by atoms with Crippen molar-refractivity contribution in [1.29, 1.82) is 0 Å². The predicted octanol–water partition coefficient (Wildman–Crippen LogP) is 0.997. The lowest BCUT2D eigenvalue weighted by atomic mass is 10.3. The first-order valence-electron chi connectivity index (χ1n) is 5.21. The Morgan fingerprint density at radius 3 is 2.77 bits per heavy atom. The molecule has 0 aromatic heterocycles. The molecule has 0 saturated heterocycles. The molecular formula is C10H20N2O. The van der Waals surface area contributed by atoms with Gasteiger partial charge in [0, 0.05) is 32.6 Å². The molecule has 0 atom stereocenters. The van der Waals surface area contributed by atoms with Crippen LogP contribution in [0.25, 0.3) is 0 Å². The maximum Gasteiger partial charge on any atom is 0.223 e. The predicted molar refractivity (Wildman–Crippen MR) is 53.6 cm³/mol. The van der Waals surface area contributed by atoms with Crippen molar-refractivity contribution in [3.8, 4) is 0 Å². The molecule has 0 heterocycles. The molecule has 3 nitrogen and oxygen atoms in total. The van der Waals surface area contributed by atoms with E-state index in [1.54, 1.807) is 0 Å². The van der Waals surface area contributed by atoms with Gasteiger partial charge in [0.2, 0.25) is 5.91 Å². The number of hydrogen-bond donors (Lipinski definition) is 1. The van der Waals surface area contributed by atoms with Crippen molar-refractivity contribution in [1.82, 2.24) is 10.2 Å². The van der Waals surface area contributed by atoms with E-state index in [9.17, 15) is 4.79 Å². The maximum atomic E-state index is 11.4. The first-order chi connectivity index (χ1) is 6.24. The Balaban J connectivity index is 2.01. The van der Waals surface area contributed by atoms with Gasteiger partial charge in [0.15, 0.2) is 0 Å². The molecule has 1 amide bonds. The normalized spacial score (nSPS) is 15.8. The number of nitrogens with zero attached hydrogens (tertiary/aromatic N) is 1. The van der Waals surface area contributed by atoms with Gasteiger partial charge >= 0.3 is 0 Å². The van der Waals surface area contributed by atoms with Gasteiger partial charge in [0.05, 0.1) is 0 Å². The largest absolute Gasteiger partial charge is 0.346 e. The molecule has 0 bridgehead atoms. The highest BCUT2D eigenvalue weighted by Gasteiger charge is 2.20. The second kappa shape index (κ2) is 5.22. The molecule has 0 aromatic carbocycles. The zero-order valence-corrected chi connectivity index (χ0v) is 8.68. The van der Waals surface area contributed by atoms with E-state index in [-0.39, 0.29) is 5.91 Å². The van der Waals surface area contributed by atoms with E-state index in [1.807, 2.05) is 11.9 Å². The monoisotopic (exact) mass is 184 g/mol. The summed E-state index contributed by atoms with van der Waals surface area (Å²) >= 11 is 0. The van der Waals surface area contributed by atoms with Crippen molar-refractivity contribution < 1.29 is 4.79 Å². The Bertz CT molecular complexity index is 166. The van der Waals surface area contributed by atoms with Crippen LogP contribution in [0.5, 0.6) is 0 Å². The minimum absolute atomic E-state index is 0.259. The van der Waals surface area contributed by atoms with Crippen molar-refractivity contribution in [2.75, 3.05) is 20.1 Å². The SMILES string of the molecule is CCCN(C)C(=O)CCNC1CC1. The lowest BCUT2D eigenvalue weighted by Crippen LogP contribution is -2.30. The second-order valence-electron chi connectivity index (χ2n) is 3.79. The van der Waals surface area contributed by atoms with Gasteiger partial charge in [-0.05, 0) is 19.3 Å². The molecule has 1 aliphatic carbocycles. The van der Waals surface area contributed by atoms with Crippen molar-refractivity contribution in [2.24, 2.45) is 0 Å². The van der Waals surface area contributed by atoms with Gasteiger partial charge in [-0.2, -0.15) is 0 Å². The summed E-state index contributed by atoms with van der Waals surface area (Å²) in [5.41, 5.74) is 0. The Labute approximate surface area is 80.5 Å². The fourth-order valence-corrected chi connectivity index (χ4v) is 1.32. The van der Waals surface area contributed by atoms with Crippen LogP contribution in [0.15, 0.2) is 0 Å². The lowest BCUT2D eigenvalue weighted by molar-refractivity contribution is -0.129. The standard InChI is InChI=1S/C10H20N2O/c1-3-8-12(2)10(13)6-7-11-9-4-5-9/h9,11H,3-8H2,1-2H3. The zero-order chi connectivity index (χ0) is 9.68. The zero-order valence-electron chi connectivity index (χ0n) is 8.68. The van der Waals surface area contributed by atoms with Gasteiger partial charge in [-0.25, -0.2) is 0 Å². The topological polar surface area (TPSA) is 32.3 Å². The number of hydrogen-bond acceptors (Lipinski definition) is 2. The third kappa shape index (κ3) is 4.27. The highest BCUT2D eigenvalue weighted by molar-refractivity contribution is 5.76. The van der Waals surface area contributed by atoms with Crippen LogP contribution in [-0.4, -0.2) is 37.0 Å². The highest BCUT2D eigenvalue weighted by atomic mass is 16.2. The Kier molecular flexibility index (Phi) is 4.22. The molecule has 0 radical (unpaired) electrons. The summed E-state index contributed by atoms with van der Waals surface area (Å²) in [7, 11) is 1.88. The molecule has 1 fully saturated rings. The van der Waals surface area contributed by atoms with Gasteiger partial charge < -0.3 is 10.2 Å². The molecule has 0 unspecified atom stereocenters. The summed E-state index contributed by atoms with van der Waals surface area (Å²) in [6.45, 7) is 3.81. The number of rotatable bonds is 6. The van der Waals surface area contributed by atoms with Crippen LogP contribution in [0.4, 0.5) is 0 Å². The molecule has 76 valence electrons. The summed E-state index contributed by atoms with van der Waals surface area (Å²) in [5.74, 6) is 0.259. The summed E-state index contributed by atoms with van der Waals surface area (Å²) in [4.78, 5) is 13.2. The fourth-order valence-electron chi connectivity index (χ4n) is 1.32. The lowest BCUT2D eigenvalue weighted by Gasteiger charge is -2.15. The van der Waals surface area contributed by atoms with Crippen LogP contribution in [0, 0.1) is 0 Å². The van der Waals surface area contributed by atoms with Crippen molar-refractivity contribution in [3.05, 3.63) is 0 Å². The molecule has 1 N–H and O–H groups in total. The van der Waals surface area contributed by atoms with Crippen LogP contribution < -0.4 is 5.32 Å². The smallest absolute Gasteiger partial charge is 0.223 e. The number of carbonyl (C=O) groups excluding carboxylic acids is 1. The first-order valence-corrected chi connectivity index (χ1v) is 5.21. The fraction of sp³-hybridized carbons (Fsp3) is 0.900. The molecule has 1 saturated carbocycles. The van der Waals surface area contributed by atoms with Gasteiger partial charge in [-0.15, -0.1) is 0 Å². The van der Waals surface area contributed by atoms with Gasteiger partial charge in [-0.3, -0.25) is 4.79 Å². The molecule has 0 aromatic rings.